The number of aryl methyl sites for hydroxylation is 2. The van der Waals surface area contributed by atoms with Crippen LogP contribution >= 0.6 is 0 Å². The van der Waals surface area contributed by atoms with Crippen LogP contribution < -0.4 is 15.7 Å². The maximum Gasteiger partial charge on any atom is 0.328 e. The highest BCUT2D eigenvalue weighted by Crippen LogP contribution is 2.18. The molecule has 120 valence electrons. The summed E-state index contributed by atoms with van der Waals surface area (Å²) in [4.78, 5) is 12.1. The number of hydrogen-bond donors (Lipinski definition) is 2. The summed E-state index contributed by atoms with van der Waals surface area (Å²) in [5.74, 6) is 0. The number of aromatic nitrogens is 2. The fourth-order valence-corrected chi connectivity index (χ4v) is 4.18. The van der Waals surface area contributed by atoms with E-state index in [0.29, 0.717) is 17.6 Å². The Morgan fingerprint density at radius 3 is 2.64 bits per heavy atom. The lowest BCUT2D eigenvalue weighted by molar-refractivity contribution is 0.428. The third kappa shape index (κ3) is 2.57. The first kappa shape index (κ1) is 15.3. The van der Waals surface area contributed by atoms with E-state index in [-0.39, 0.29) is 16.6 Å². The van der Waals surface area contributed by atoms with Crippen LogP contribution in [0.2, 0.25) is 0 Å². The Kier molecular flexibility index (Phi) is 3.84. The number of nitrogens with zero attached hydrogens (tertiary/aromatic N) is 2. The molecule has 7 nitrogen and oxygen atoms in total. The Labute approximate surface area is 129 Å². The number of nitrogens with one attached hydrogen (secondary N) is 2. The zero-order valence-corrected chi connectivity index (χ0v) is 13.5. The first-order chi connectivity index (χ1) is 10.4. The van der Waals surface area contributed by atoms with Gasteiger partial charge >= 0.3 is 5.69 Å². The predicted molar refractivity (Wildman–Crippen MR) is 84.4 cm³/mol. The van der Waals surface area contributed by atoms with Gasteiger partial charge in [0.25, 0.3) is 0 Å². The second-order valence-electron chi connectivity index (χ2n) is 5.72. The summed E-state index contributed by atoms with van der Waals surface area (Å²) in [6.45, 7) is 1.57. The van der Waals surface area contributed by atoms with Gasteiger partial charge in [0, 0.05) is 26.7 Å². The summed E-state index contributed by atoms with van der Waals surface area (Å²) in [5, 5.41) is 3.18. The van der Waals surface area contributed by atoms with Gasteiger partial charge in [0.15, 0.2) is 0 Å². The molecule has 0 amide bonds. The second-order valence-corrected chi connectivity index (χ2v) is 7.43. The van der Waals surface area contributed by atoms with Crippen LogP contribution in [0.4, 0.5) is 0 Å². The van der Waals surface area contributed by atoms with Gasteiger partial charge in [0.2, 0.25) is 10.0 Å². The number of benzene rings is 1. The number of fused-ring (bicyclic) bond motifs is 1. The Morgan fingerprint density at radius 1 is 1.23 bits per heavy atom. The standard InChI is InChI=1S/C14H20N4O3S/c1-17-12-6-5-11(8-13(12)18(2)14(17)19)22(20,21)16-10-4-3-7-15-9-10/h5-6,8,10,15-16H,3-4,7,9H2,1-2H3. The number of sulfonamides is 1. The van der Waals surface area contributed by atoms with E-state index in [0.717, 1.165) is 19.4 Å². The maximum atomic E-state index is 12.5. The maximum absolute atomic E-state index is 12.5. The van der Waals surface area contributed by atoms with E-state index in [1.54, 1.807) is 32.3 Å². The zero-order valence-electron chi connectivity index (χ0n) is 12.7. The number of rotatable bonds is 3. The van der Waals surface area contributed by atoms with Crippen LogP contribution in [0.3, 0.4) is 0 Å². The number of hydrogen-bond acceptors (Lipinski definition) is 4. The molecule has 22 heavy (non-hydrogen) atoms. The van der Waals surface area contributed by atoms with Crippen LogP contribution in [0.5, 0.6) is 0 Å². The van der Waals surface area contributed by atoms with Crippen LogP contribution in [0.1, 0.15) is 12.8 Å². The molecule has 1 aromatic carbocycles. The summed E-state index contributed by atoms with van der Waals surface area (Å²) < 4.78 is 30.7. The Morgan fingerprint density at radius 2 is 1.95 bits per heavy atom. The van der Waals surface area contributed by atoms with Gasteiger partial charge in [0.1, 0.15) is 0 Å². The summed E-state index contributed by atoms with van der Waals surface area (Å²) >= 11 is 0. The van der Waals surface area contributed by atoms with Crippen molar-refractivity contribution in [2.24, 2.45) is 14.1 Å². The van der Waals surface area contributed by atoms with Gasteiger partial charge in [-0.15, -0.1) is 0 Å². The first-order valence-electron chi connectivity index (χ1n) is 7.28. The van der Waals surface area contributed by atoms with Crippen LogP contribution in [0.25, 0.3) is 11.0 Å². The fourth-order valence-electron chi connectivity index (χ4n) is 2.89. The van der Waals surface area contributed by atoms with Crippen LogP contribution in [-0.4, -0.2) is 36.7 Å². The van der Waals surface area contributed by atoms with E-state index in [9.17, 15) is 13.2 Å². The molecule has 2 N–H and O–H groups in total. The fraction of sp³-hybridized carbons (Fsp3) is 0.500. The third-order valence-electron chi connectivity index (χ3n) is 4.17. The number of imidazole rings is 1. The molecular weight excluding hydrogens is 304 g/mol. The molecule has 1 unspecified atom stereocenters. The van der Waals surface area contributed by atoms with Crippen molar-refractivity contribution in [3.05, 3.63) is 28.7 Å². The van der Waals surface area contributed by atoms with Gasteiger partial charge in [-0.05, 0) is 37.6 Å². The molecule has 1 aliphatic rings. The minimum Gasteiger partial charge on any atom is -0.315 e. The minimum absolute atomic E-state index is 0.0889. The summed E-state index contributed by atoms with van der Waals surface area (Å²) in [5.41, 5.74) is 1.15. The van der Waals surface area contributed by atoms with Gasteiger partial charge in [0.05, 0.1) is 15.9 Å². The molecule has 1 atom stereocenters. The zero-order chi connectivity index (χ0) is 15.9. The topological polar surface area (TPSA) is 85.1 Å². The molecule has 1 aliphatic heterocycles. The van der Waals surface area contributed by atoms with Gasteiger partial charge in [-0.1, -0.05) is 0 Å². The average Bonchev–Trinajstić information content (AvgIpc) is 2.72. The molecular formula is C14H20N4O3S. The summed E-state index contributed by atoms with van der Waals surface area (Å²) in [6, 6.07) is 4.68. The molecule has 1 saturated heterocycles. The van der Waals surface area contributed by atoms with Crippen LogP contribution in [0.15, 0.2) is 27.9 Å². The molecule has 0 bridgehead atoms. The van der Waals surface area contributed by atoms with Crippen molar-refractivity contribution < 1.29 is 8.42 Å². The molecule has 0 spiro atoms. The molecule has 0 radical (unpaired) electrons. The van der Waals surface area contributed by atoms with E-state index in [1.165, 1.54) is 9.13 Å². The molecule has 0 aliphatic carbocycles. The molecule has 3 rings (SSSR count). The second kappa shape index (κ2) is 5.53. The van der Waals surface area contributed by atoms with Crippen molar-refractivity contribution in [2.75, 3.05) is 13.1 Å². The van der Waals surface area contributed by atoms with Crippen molar-refractivity contribution >= 4 is 21.1 Å². The predicted octanol–water partition coefficient (Wildman–Crippen LogP) is -0.0927. The van der Waals surface area contributed by atoms with Gasteiger partial charge in [-0.2, -0.15) is 0 Å². The Balaban J connectivity index is 1.98. The van der Waals surface area contributed by atoms with Crippen molar-refractivity contribution in [3.63, 3.8) is 0 Å². The van der Waals surface area contributed by atoms with Crippen molar-refractivity contribution in [2.45, 2.75) is 23.8 Å². The van der Waals surface area contributed by atoms with Gasteiger partial charge < -0.3 is 5.32 Å². The normalized spacial score (nSPS) is 19.6. The molecule has 0 saturated carbocycles. The van der Waals surface area contributed by atoms with Crippen LogP contribution in [0, 0.1) is 0 Å². The quantitative estimate of drug-likeness (QED) is 0.826. The Bertz CT molecular complexity index is 860. The van der Waals surface area contributed by atoms with E-state index < -0.39 is 10.0 Å². The van der Waals surface area contributed by atoms with Gasteiger partial charge in [-0.3, -0.25) is 9.13 Å². The average molecular weight is 324 g/mol. The highest BCUT2D eigenvalue weighted by atomic mass is 32.2. The monoisotopic (exact) mass is 324 g/mol. The first-order valence-corrected chi connectivity index (χ1v) is 8.77. The minimum atomic E-state index is -3.59. The van der Waals surface area contributed by atoms with Gasteiger partial charge in [-0.25, -0.2) is 17.9 Å². The molecule has 2 heterocycles. The number of piperidine rings is 1. The molecule has 1 aromatic heterocycles. The highest BCUT2D eigenvalue weighted by Gasteiger charge is 2.22. The lowest BCUT2D eigenvalue weighted by Crippen LogP contribution is -2.45. The summed E-state index contributed by atoms with van der Waals surface area (Å²) in [7, 11) is -0.276. The largest absolute Gasteiger partial charge is 0.328 e. The van der Waals surface area contributed by atoms with Crippen molar-refractivity contribution in [3.8, 4) is 0 Å². The summed E-state index contributed by atoms with van der Waals surface area (Å²) in [6.07, 6.45) is 1.79. The van der Waals surface area contributed by atoms with E-state index in [2.05, 4.69) is 10.0 Å². The SMILES string of the molecule is Cn1c(=O)n(C)c2cc(S(=O)(=O)NC3CCCNC3)ccc21. The Hall–Kier alpha value is -1.64. The van der Waals surface area contributed by atoms with E-state index in [1.807, 2.05) is 0 Å². The van der Waals surface area contributed by atoms with Crippen LogP contribution in [-0.2, 0) is 24.1 Å². The highest BCUT2D eigenvalue weighted by molar-refractivity contribution is 7.89. The van der Waals surface area contributed by atoms with E-state index >= 15 is 0 Å². The van der Waals surface area contributed by atoms with E-state index in [4.69, 9.17) is 0 Å². The van der Waals surface area contributed by atoms with Crippen molar-refractivity contribution in [1.82, 2.24) is 19.2 Å². The third-order valence-corrected chi connectivity index (χ3v) is 5.69. The lowest BCUT2D eigenvalue weighted by Gasteiger charge is -2.23. The molecule has 8 heteroatoms. The van der Waals surface area contributed by atoms with Crippen molar-refractivity contribution in [1.29, 1.82) is 0 Å². The molecule has 2 aromatic rings. The molecule has 1 fully saturated rings. The lowest BCUT2D eigenvalue weighted by atomic mass is 10.1. The smallest absolute Gasteiger partial charge is 0.315 e.